The molecule has 2 aliphatic heterocycles. The summed E-state index contributed by atoms with van der Waals surface area (Å²) in [6, 6.07) is 25.1. The molecule has 1 atom stereocenters. The van der Waals surface area contributed by atoms with Crippen molar-refractivity contribution in [1.82, 2.24) is 9.91 Å². The van der Waals surface area contributed by atoms with E-state index in [0.717, 1.165) is 42.3 Å². The third-order valence-electron chi connectivity index (χ3n) is 6.67. The van der Waals surface area contributed by atoms with E-state index in [1.54, 1.807) is 5.01 Å². The summed E-state index contributed by atoms with van der Waals surface area (Å²) in [6.07, 6.45) is 3.08. The van der Waals surface area contributed by atoms with Crippen molar-refractivity contribution in [2.75, 3.05) is 19.6 Å². The van der Waals surface area contributed by atoms with Crippen LogP contribution in [-0.4, -0.2) is 41.2 Å². The van der Waals surface area contributed by atoms with E-state index in [9.17, 15) is 4.79 Å². The molecule has 0 N–H and O–H groups in total. The molecule has 0 aliphatic carbocycles. The fourth-order valence-electron chi connectivity index (χ4n) is 4.70. The summed E-state index contributed by atoms with van der Waals surface area (Å²) in [5.74, 6) is 0.854. The second-order valence-electron chi connectivity index (χ2n) is 8.94. The van der Waals surface area contributed by atoms with Gasteiger partial charge in [-0.15, -0.1) is 0 Å². The van der Waals surface area contributed by atoms with E-state index in [1.807, 2.05) is 18.2 Å². The molecule has 3 aromatic carbocycles. The quantitative estimate of drug-likeness (QED) is 0.588. The normalized spacial score (nSPS) is 20.2. The van der Waals surface area contributed by atoms with Gasteiger partial charge in [-0.2, -0.15) is 5.10 Å². The van der Waals surface area contributed by atoms with Crippen molar-refractivity contribution in [3.63, 3.8) is 0 Å². The van der Waals surface area contributed by atoms with E-state index in [0.29, 0.717) is 6.54 Å². The number of fused-ring (bicyclic) bond motifs is 1. The first-order valence-corrected chi connectivity index (χ1v) is 11.3. The molecule has 0 bridgehead atoms. The highest BCUT2D eigenvalue weighted by Crippen LogP contribution is 2.33. The highest BCUT2D eigenvalue weighted by Gasteiger charge is 2.34. The first-order chi connectivity index (χ1) is 15.2. The summed E-state index contributed by atoms with van der Waals surface area (Å²) in [5.41, 5.74) is 3.23. The van der Waals surface area contributed by atoms with Gasteiger partial charge in [0.1, 0.15) is 0 Å². The highest BCUT2D eigenvalue weighted by atomic mass is 16.2. The molecule has 4 nitrogen and oxygen atoms in total. The lowest BCUT2D eigenvalue weighted by Gasteiger charge is -2.31. The fraction of sp³-hybridized carbons (Fsp3) is 0.333. The molecule has 158 valence electrons. The van der Waals surface area contributed by atoms with Crippen LogP contribution in [0.5, 0.6) is 0 Å². The van der Waals surface area contributed by atoms with Gasteiger partial charge in [-0.3, -0.25) is 9.69 Å². The Morgan fingerprint density at radius 1 is 0.935 bits per heavy atom. The number of carbonyl (C=O) groups excluding carboxylic acids is 1. The van der Waals surface area contributed by atoms with Gasteiger partial charge < -0.3 is 0 Å². The Morgan fingerprint density at radius 3 is 2.42 bits per heavy atom. The summed E-state index contributed by atoms with van der Waals surface area (Å²) in [5, 5.41) is 9.04. The lowest BCUT2D eigenvalue weighted by molar-refractivity contribution is -0.134. The van der Waals surface area contributed by atoms with Crippen molar-refractivity contribution in [2.24, 2.45) is 11.0 Å². The Bertz CT molecular complexity index is 1100. The summed E-state index contributed by atoms with van der Waals surface area (Å²) >= 11 is 0. The van der Waals surface area contributed by atoms with Gasteiger partial charge in [0, 0.05) is 6.42 Å². The predicted molar refractivity (Wildman–Crippen MR) is 126 cm³/mol. The molecule has 1 saturated heterocycles. The summed E-state index contributed by atoms with van der Waals surface area (Å²) < 4.78 is 0. The van der Waals surface area contributed by atoms with Crippen molar-refractivity contribution in [3.05, 3.63) is 83.9 Å². The van der Waals surface area contributed by atoms with Gasteiger partial charge in [-0.25, -0.2) is 5.01 Å². The van der Waals surface area contributed by atoms with Crippen LogP contribution in [0.3, 0.4) is 0 Å². The Hall–Kier alpha value is -2.98. The fourth-order valence-corrected chi connectivity index (χ4v) is 4.70. The minimum absolute atomic E-state index is 0.0427. The number of amides is 1. The Morgan fingerprint density at radius 2 is 1.65 bits per heavy atom. The van der Waals surface area contributed by atoms with Gasteiger partial charge in [-0.05, 0) is 59.8 Å². The van der Waals surface area contributed by atoms with Crippen LogP contribution in [0.4, 0.5) is 0 Å². The Balaban J connectivity index is 1.43. The van der Waals surface area contributed by atoms with Gasteiger partial charge in [0.2, 0.25) is 0 Å². The van der Waals surface area contributed by atoms with Crippen molar-refractivity contribution in [1.29, 1.82) is 0 Å². The molecule has 5 rings (SSSR count). The topological polar surface area (TPSA) is 35.9 Å². The average molecular weight is 412 g/mol. The second-order valence-corrected chi connectivity index (χ2v) is 8.94. The Labute approximate surface area is 184 Å². The maximum absolute atomic E-state index is 13.3. The van der Waals surface area contributed by atoms with E-state index in [2.05, 4.69) is 66.4 Å². The van der Waals surface area contributed by atoms with E-state index in [4.69, 9.17) is 5.10 Å². The number of benzene rings is 3. The van der Waals surface area contributed by atoms with Crippen molar-refractivity contribution < 1.29 is 4.79 Å². The molecule has 31 heavy (non-hydrogen) atoms. The molecule has 1 amide bonds. The summed E-state index contributed by atoms with van der Waals surface area (Å²) in [7, 11) is 0. The first-order valence-electron chi connectivity index (χ1n) is 11.3. The maximum atomic E-state index is 13.3. The number of hydrogen-bond donors (Lipinski definition) is 0. The molecule has 0 radical (unpaired) electrons. The summed E-state index contributed by atoms with van der Waals surface area (Å²) in [4.78, 5) is 15.6. The van der Waals surface area contributed by atoms with Gasteiger partial charge in [0.25, 0.3) is 5.91 Å². The smallest absolute Gasteiger partial charge is 0.257 e. The third-order valence-corrected chi connectivity index (χ3v) is 6.67. The number of rotatable bonds is 4. The number of piperidine rings is 1. The van der Waals surface area contributed by atoms with Crippen LogP contribution in [0, 0.1) is 5.92 Å². The maximum Gasteiger partial charge on any atom is 0.257 e. The van der Waals surface area contributed by atoms with Crippen molar-refractivity contribution in [3.8, 4) is 0 Å². The zero-order valence-corrected chi connectivity index (χ0v) is 18.1. The summed E-state index contributed by atoms with van der Waals surface area (Å²) in [6.45, 7) is 4.74. The zero-order valence-electron chi connectivity index (χ0n) is 18.1. The Kier molecular flexibility index (Phi) is 5.56. The van der Waals surface area contributed by atoms with Gasteiger partial charge in [0.05, 0.1) is 18.3 Å². The van der Waals surface area contributed by atoms with E-state index in [1.165, 1.54) is 23.6 Å². The lowest BCUT2D eigenvalue weighted by atomic mass is 9.97. The van der Waals surface area contributed by atoms with Crippen LogP contribution in [0.2, 0.25) is 0 Å². The van der Waals surface area contributed by atoms with E-state index >= 15 is 0 Å². The third kappa shape index (κ3) is 4.26. The molecular formula is C27H29N3O. The molecule has 0 saturated carbocycles. The molecule has 4 heteroatoms. The number of hydrazone groups is 1. The molecule has 0 spiro atoms. The largest absolute Gasteiger partial charge is 0.294 e. The van der Waals surface area contributed by atoms with Crippen LogP contribution in [-0.2, 0) is 4.79 Å². The zero-order chi connectivity index (χ0) is 21.2. The van der Waals surface area contributed by atoms with Crippen molar-refractivity contribution in [2.45, 2.75) is 32.2 Å². The van der Waals surface area contributed by atoms with Crippen LogP contribution in [0.15, 0.2) is 77.9 Å². The van der Waals surface area contributed by atoms with E-state index in [-0.39, 0.29) is 11.9 Å². The number of likely N-dealkylation sites (tertiary alicyclic amines) is 1. The first kappa shape index (κ1) is 20.0. The van der Waals surface area contributed by atoms with Crippen LogP contribution in [0.25, 0.3) is 10.8 Å². The average Bonchev–Trinajstić information content (AvgIpc) is 3.27. The van der Waals surface area contributed by atoms with Crippen LogP contribution >= 0.6 is 0 Å². The van der Waals surface area contributed by atoms with Gasteiger partial charge in [0.15, 0.2) is 0 Å². The van der Waals surface area contributed by atoms with Crippen LogP contribution in [0.1, 0.15) is 43.4 Å². The molecule has 0 unspecified atom stereocenters. The van der Waals surface area contributed by atoms with Gasteiger partial charge in [-0.1, -0.05) is 73.7 Å². The molecule has 0 aromatic heterocycles. The van der Waals surface area contributed by atoms with E-state index < -0.39 is 0 Å². The lowest BCUT2D eigenvalue weighted by Crippen LogP contribution is -2.41. The monoisotopic (exact) mass is 411 g/mol. The number of carbonyl (C=O) groups is 1. The standard InChI is InChI=1S/C27H29N3O/c1-20-13-15-29(16-14-20)19-27(31)30-26(22-8-3-2-4-9-22)18-25(28-30)24-12-11-21-7-5-6-10-23(21)17-24/h2-12,17,20,26H,13-16,18-19H2,1H3/t26-/m0/s1. The van der Waals surface area contributed by atoms with Crippen LogP contribution < -0.4 is 0 Å². The second kappa shape index (κ2) is 8.64. The molecular weight excluding hydrogens is 382 g/mol. The highest BCUT2D eigenvalue weighted by molar-refractivity contribution is 6.05. The molecule has 2 aliphatic rings. The van der Waals surface area contributed by atoms with Gasteiger partial charge >= 0.3 is 0 Å². The molecule has 1 fully saturated rings. The number of nitrogens with zero attached hydrogens (tertiary/aromatic N) is 3. The molecule has 3 aromatic rings. The SMILES string of the molecule is CC1CCN(CC(=O)N2N=C(c3ccc4ccccc4c3)C[C@H]2c2ccccc2)CC1. The minimum atomic E-state index is -0.0427. The van der Waals surface area contributed by atoms with Crippen molar-refractivity contribution >= 4 is 22.4 Å². The predicted octanol–water partition coefficient (Wildman–Crippen LogP) is 5.25. The minimum Gasteiger partial charge on any atom is -0.294 e. The number of hydrogen-bond acceptors (Lipinski definition) is 3. The molecule has 2 heterocycles.